The van der Waals surface area contributed by atoms with Gasteiger partial charge >= 0.3 is 0 Å². The zero-order valence-corrected chi connectivity index (χ0v) is 14.3. The molecule has 0 amide bonds. The Morgan fingerprint density at radius 2 is 1.76 bits per heavy atom. The molecule has 0 atom stereocenters. The van der Waals surface area contributed by atoms with Crippen LogP contribution in [0, 0.1) is 0 Å². The summed E-state index contributed by atoms with van der Waals surface area (Å²) in [5.74, 6) is 0.870. The van der Waals surface area contributed by atoms with Crippen LogP contribution < -0.4 is 5.32 Å². The van der Waals surface area contributed by atoms with Gasteiger partial charge in [-0.25, -0.2) is 9.97 Å². The molecule has 0 bridgehead atoms. The number of hydrogen-bond acceptors (Lipinski definition) is 4. The third-order valence-corrected chi connectivity index (χ3v) is 4.60. The highest BCUT2D eigenvalue weighted by molar-refractivity contribution is 7.16. The van der Waals surface area contributed by atoms with E-state index in [-0.39, 0.29) is 0 Å². The van der Waals surface area contributed by atoms with Crippen molar-refractivity contribution in [1.29, 1.82) is 0 Å². The van der Waals surface area contributed by atoms with E-state index >= 15 is 0 Å². The van der Waals surface area contributed by atoms with Crippen molar-refractivity contribution in [1.82, 2.24) is 9.97 Å². The van der Waals surface area contributed by atoms with Gasteiger partial charge in [0.25, 0.3) is 0 Å². The van der Waals surface area contributed by atoms with Crippen LogP contribution in [-0.2, 0) is 0 Å². The molecule has 5 heteroatoms. The first-order valence-electron chi connectivity index (χ1n) is 7.96. The third-order valence-electron chi connectivity index (χ3n) is 3.62. The maximum atomic E-state index is 5.95. The van der Waals surface area contributed by atoms with E-state index in [1.807, 2.05) is 11.4 Å². The summed E-state index contributed by atoms with van der Waals surface area (Å²) in [6.45, 7) is 3.21. The first-order valence-corrected chi connectivity index (χ1v) is 9.21. The van der Waals surface area contributed by atoms with E-state index in [1.165, 1.54) is 51.4 Å². The van der Waals surface area contributed by atoms with Crippen molar-refractivity contribution in [2.24, 2.45) is 0 Å². The normalized spacial score (nSPS) is 11.1. The van der Waals surface area contributed by atoms with Gasteiger partial charge in [0, 0.05) is 6.54 Å². The molecule has 0 unspecified atom stereocenters. The highest BCUT2D eigenvalue weighted by Crippen LogP contribution is 2.26. The lowest BCUT2D eigenvalue weighted by molar-refractivity contribution is 0.581. The van der Waals surface area contributed by atoms with Gasteiger partial charge in [-0.1, -0.05) is 51.9 Å². The standard InChI is InChI=1S/C16H24ClN3S/c1-2-3-4-5-6-7-8-9-11-18-14-13-10-12-21-15(13)20-16(17)19-14/h10,12H,2-9,11H2,1H3,(H,18,19,20). The quantitative estimate of drug-likeness (QED) is 0.436. The summed E-state index contributed by atoms with van der Waals surface area (Å²) >= 11 is 7.54. The molecule has 2 rings (SSSR count). The average molecular weight is 326 g/mol. The van der Waals surface area contributed by atoms with E-state index in [0.29, 0.717) is 5.28 Å². The molecule has 0 aliphatic carbocycles. The average Bonchev–Trinajstić information content (AvgIpc) is 2.93. The second kappa shape index (κ2) is 9.21. The highest BCUT2D eigenvalue weighted by atomic mass is 35.5. The van der Waals surface area contributed by atoms with Crippen LogP contribution >= 0.6 is 22.9 Å². The van der Waals surface area contributed by atoms with Gasteiger partial charge in [0.05, 0.1) is 5.39 Å². The van der Waals surface area contributed by atoms with Crippen LogP contribution in [0.1, 0.15) is 58.3 Å². The molecule has 0 radical (unpaired) electrons. The largest absolute Gasteiger partial charge is 0.369 e. The Balaban J connectivity index is 1.65. The summed E-state index contributed by atoms with van der Waals surface area (Å²) < 4.78 is 0. The Bertz CT molecular complexity index is 541. The Morgan fingerprint density at radius 3 is 2.52 bits per heavy atom. The molecule has 1 N–H and O–H groups in total. The number of hydrogen-bond donors (Lipinski definition) is 1. The number of nitrogens with one attached hydrogen (secondary N) is 1. The van der Waals surface area contributed by atoms with Crippen molar-refractivity contribution < 1.29 is 0 Å². The lowest BCUT2D eigenvalue weighted by atomic mass is 10.1. The molecule has 2 heterocycles. The molecule has 0 saturated carbocycles. The minimum absolute atomic E-state index is 0.323. The lowest BCUT2D eigenvalue weighted by Crippen LogP contribution is -2.04. The van der Waals surface area contributed by atoms with E-state index in [1.54, 1.807) is 11.3 Å². The minimum atomic E-state index is 0.323. The number of anilines is 1. The molecule has 0 spiro atoms. The molecule has 0 fully saturated rings. The summed E-state index contributed by atoms with van der Waals surface area (Å²) in [5.41, 5.74) is 0. The Morgan fingerprint density at radius 1 is 1.05 bits per heavy atom. The Labute approximate surface area is 136 Å². The molecule has 2 aromatic heterocycles. The summed E-state index contributed by atoms with van der Waals surface area (Å²) in [5, 5.41) is 6.82. The smallest absolute Gasteiger partial charge is 0.225 e. The van der Waals surface area contributed by atoms with Gasteiger partial charge in [-0.15, -0.1) is 11.3 Å². The first-order chi connectivity index (χ1) is 10.3. The van der Waals surface area contributed by atoms with Crippen LogP contribution in [0.5, 0.6) is 0 Å². The van der Waals surface area contributed by atoms with Gasteiger partial charge < -0.3 is 5.32 Å². The van der Waals surface area contributed by atoms with Gasteiger partial charge in [0.15, 0.2) is 0 Å². The lowest BCUT2D eigenvalue weighted by Gasteiger charge is -2.07. The third kappa shape index (κ3) is 5.44. The summed E-state index contributed by atoms with van der Waals surface area (Å²) in [4.78, 5) is 9.47. The van der Waals surface area contributed by atoms with Crippen molar-refractivity contribution >= 4 is 39.0 Å². The SMILES string of the molecule is CCCCCCCCCCNc1nc(Cl)nc2sccc12. The fourth-order valence-corrected chi connectivity index (χ4v) is 3.41. The minimum Gasteiger partial charge on any atom is -0.369 e. The van der Waals surface area contributed by atoms with Crippen molar-refractivity contribution in [3.8, 4) is 0 Å². The fourth-order valence-electron chi connectivity index (χ4n) is 2.43. The van der Waals surface area contributed by atoms with Crippen molar-refractivity contribution in [2.75, 3.05) is 11.9 Å². The molecule has 21 heavy (non-hydrogen) atoms. The van der Waals surface area contributed by atoms with E-state index in [2.05, 4.69) is 22.2 Å². The van der Waals surface area contributed by atoms with Crippen LogP contribution in [0.2, 0.25) is 5.28 Å². The molecule has 0 saturated heterocycles. The zero-order chi connectivity index (χ0) is 14.9. The van der Waals surface area contributed by atoms with Crippen molar-refractivity contribution in [3.05, 3.63) is 16.7 Å². The van der Waals surface area contributed by atoms with Crippen LogP contribution in [0.4, 0.5) is 5.82 Å². The van der Waals surface area contributed by atoms with E-state index < -0.39 is 0 Å². The first kappa shape index (κ1) is 16.5. The topological polar surface area (TPSA) is 37.8 Å². The van der Waals surface area contributed by atoms with E-state index in [4.69, 9.17) is 11.6 Å². The summed E-state index contributed by atoms with van der Waals surface area (Å²) in [6.07, 6.45) is 10.7. The predicted molar refractivity (Wildman–Crippen MR) is 93.5 cm³/mol. The van der Waals surface area contributed by atoms with Gasteiger partial charge in [-0.3, -0.25) is 0 Å². The van der Waals surface area contributed by atoms with Gasteiger partial charge in [-0.2, -0.15) is 0 Å². The van der Waals surface area contributed by atoms with Gasteiger partial charge in [0.1, 0.15) is 10.6 Å². The molecule has 0 aliphatic rings. The fraction of sp³-hybridized carbons (Fsp3) is 0.625. The number of fused-ring (bicyclic) bond motifs is 1. The number of rotatable bonds is 10. The number of thiophene rings is 1. The molecule has 0 aromatic carbocycles. The predicted octanol–water partition coefficient (Wildman–Crippen LogP) is 5.90. The Kier molecular flexibility index (Phi) is 7.24. The molecular weight excluding hydrogens is 302 g/mol. The number of aromatic nitrogens is 2. The molecule has 0 aliphatic heterocycles. The van der Waals surface area contributed by atoms with Crippen LogP contribution in [-0.4, -0.2) is 16.5 Å². The highest BCUT2D eigenvalue weighted by Gasteiger charge is 2.06. The number of unbranched alkanes of at least 4 members (excludes halogenated alkanes) is 7. The van der Waals surface area contributed by atoms with Crippen molar-refractivity contribution in [2.45, 2.75) is 58.3 Å². The monoisotopic (exact) mass is 325 g/mol. The van der Waals surface area contributed by atoms with E-state index in [9.17, 15) is 0 Å². The number of halogens is 1. The van der Waals surface area contributed by atoms with Crippen molar-refractivity contribution in [3.63, 3.8) is 0 Å². The summed E-state index contributed by atoms with van der Waals surface area (Å²) in [6, 6.07) is 2.05. The molecule has 2 aromatic rings. The molecule has 116 valence electrons. The van der Waals surface area contributed by atoms with Crippen LogP contribution in [0.25, 0.3) is 10.2 Å². The summed E-state index contributed by atoms with van der Waals surface area (Å²) in [7, 11) is 0. The maximum absolute atomic E-state index is 5.95. The molecular formula is C16H24ClN3S. The maximum Gasteiger partial charge on any atom is 0.225 e. The second-order valence-corrected chi connectivity index (χ2v) is 6.61. The van der Waals surface area contributed by atoms with Gasteiger partial charge in [-0.05, 0) is 29.5 Å². The second-order valence-electron chi connectivity index (χ2n) is 5.38. The van der Waals surface area contributed by atoms with E-state index in [0.717, 1.165) is 22.6 Å². The molecule has 3 nitrogen and oxygen atoms in total. The van der Waals surface area contributed by atoms with Crippen LogP contribution in [0.3, 0.4) is 0 Å². The zero-order valence-electron chi connectivity index (χ0n) is 12.7. The van der Waals surface area contributed by atoms with Gasteiger partial charge in [0.2, 0.25) is 5.28 Å². The Hall–Kier alpha value is -0.870. The van der Waals surface area contributed by atoms with Crippen LogP contribution in [0.15, 0.2) is 11.4 Å². The number of nitrogens with zero attached hydrogens (tertiary/aromatic N) is 2.